The maximum absolute atomic E-state index is 9.73. The minimum absolute atomic E-state index is 0.336. The first-order chi connectivity index (χ1) is 10.3. The fourth-order valence-electron chi connectivity index (χ4n) is 1.83. The topological polar surface area (TPSA) is 60.0 Å². The smallest absolute Gasteiger partial charge is 0.118 e. The van der Waals surface area contributed by atoms with E-state index in [-0.39, 0.29) is 0 Å². The summed E-state index contributed by atoms with van der Waals surface area (Å²) >= 11 is 0. The maximum atomic E-state index is 9.73. The summed E-state index contributed by atoms with van der Waals surface area (Å²) in [5, 5.41) is 12.9. The Morgan fingerprint density at radius 1 is 1.14 bits per heavy atom. The first-order valence-corrected chi connectivity index (χ1v) is 7.43. The largest absolute Gasteiger partial charge is 0.497 e. The number of benzene rings is 1. The van der Waals surface area contributed by atoms with Crippen LogP contribution in [-0.2, 0) is 15.9 Å². The van der Waals surface area contributed by atoms with E-state index in [0.717, 1.165) is 18.7 Å². The molecule has 2 N–H and O–H groups in total. The summed E-state index contributed by atoms with van der Waals surface area (Å²) in [5.74, 6) is 0.867. The minimum Gasteiger partial charge on any atom is -0.497 e. The van der Waals surface area contributed by atoms with E-state index in [2.05, 4.69) is 5.32 Å². The van der Waals surface area contributed by atoms with Gasteiger partial charge in [0.15, 0.2) is 0 Å². The van der Waals surface area contributed by atoms with Crippen LogP contribution in [0, 0.1) is 0 Å². The monoisotopic (exact) mass is 297 g/mol. The van der Waals surface area contributed by atoms with E-state index >= 15 is 0 Å². The second-order valence-corrected chi connectivity index (χ2v) is 4.73. The van der Waals surface area contributed by atoms with Gasteiger partial charge in [0, 0.05) is 13.2 Å². The molecule has 0 radical (unpaired) electrons. The third-order valence-electron chi connectivity index (χ3n) is 3.02. The average Bonchev–Trinajstić information content (AvgIpc) is 2.52. The highest BCUT2D eigenvalue weighted by atomic mass is 16.5. The molecule has 1 unspecified atom stereocenters. The average molecular weight is 297 g/mol. The molecule has 0 amide bonds. The Hall–Kier alpha value is -1.14. The Balaban J connectivity index is 2.02. The van der Waals surface area contributed by atoms with Crippen LogP contribution in [-0.4, -0.2) is 57.8 Å². The predicted octanol–water partition coefficient (Wildman–Crippen LogP) is 1.24. The third-order valence-corrected chi connectivity index (χ3v) is 3.02. The van der Waals surface area contributed by atoms with Crippen LogP contribution in [0.15, 0.2) is 24.3 Å². The highest BCUT2D eigenvalue weighted by molar-refractivity contribution is 5.27. The molecule has 1 rings (SSSR count). The van der Waals surface area contributed by atoms with Gasteiger partial charge in [-0.15, -0.1) is 0 Å². The van der Waals surface area contributed by atoms with Gasteiger partial charge in [-0.05, 0) is 37.6 Å². The van der Waals surface area contributed by atoms with Gasteiger partial charge in [-0.1, -0.05) is 12.1 Å². The molecule has 5 nitrogen and oxygen atoms in total. The van der Waals surface area contributed by atoms with E-state index in [1.54, 1.807) is 7.11 Å². The lowest BCUT2D eigenvalue weighted by atomic mass is 10.1. The lowest BCUT2D eigenvalue weighted by molar-refractivity contribution is 0.00660. The Morgan fingerprint density at radius 3 is 2.52 bits per heavy atom. The van der Waals surface area contributed by atoms with Gasteiger partial charge in [-0.2, -0.15) is 0 Å². The molecular weight excluding hydrogens is 270 g/mol. The molecule has 0 aliphatic carbocycles. The van der Waals surface area contributed by atoms with Crippen molar-refractivity contribution in [2.75, 3.05) is 46.6 Å². The highest BCUT2D eigenvalue weighted by Gasteiger charge is 2.03. The molecule has 0 spiro atoms. The van der Waals surface area contributed by atoms with Gasteiger partial charge < -0.3 is 24.6 Å². The molecule has 0 aromatic heterocycles. The van der Waals surface area contributed by atoms with Crippen LogP contribution in [0.25, 0.3) is 0 Å². The molecule has 0 aliphatic rings. The van der Waals surface area contributed by atoms with Crippen LogP contribution < -0.4 is 10.1 Å². The zero-order valence-corrected chi connectivity index (χ0v) is 13.0. The van der Waals surface area contributed by atoms with E-state index < -0.39 is 6.10 Å². The fraction of sp³-hybridized carbons (Fsp3) is 0.625. The quantitative estimate of drug-likeness (QED) is 0.569. The Morgan fingerprint density at radius 2 is 1.86 bits per heavy atom. The normalized spacial score (nSPS) is 12.3. The summed E-state index contributed by atoms with van der Waals surface area (Å²) in [4.78, 5) is 0. The summed E-state index contributed by atoms with van der Waals surface area (Å²) in [6, 6.07) is 8.01. The van der Waals surface area contributed by atoms with Gasteiger partial charge >= 0.3 is 0 Å². The van der Waals surface area contributed by atoms with Crippen molar-refractivity contribution in [2.45, 2.75) is 19.4 Å². The first-order valence-electron chi connectivity index (χ1n) is 7.43. The van der Waals surface area contributed by atoms with E-state index in [9.17, 15) is 5.11 Å². The zero-order valence-electron chi connectivity index (χ0n) is 13.0. The number of nitrogens with one attached hydrogen (secondary N) is 1. The van der Waals surface area contributed by atoms with Crippen LogP contribution in [0.2, 0.25) is 0 Å². The van der Waals surface area contributed by atoms with Crippen LogP contribution >= 0.6 is 0 Å². The lowest BCUT2D eigenvalue weighted by Gasteiger charge is -2.12. The maximum Gasteiger partial charge on any atom is 0.118 e. The van der Waals surface area contributed by atoms with Gasteiger partial charge in [-0.3, -0.25) is 0 Å². The second kappa shape index (κ2) is 11.5. The van der Waals surface area contributed by atoms with Gasteiger partial charge in [0.05, 0.1) is 33.0 Å². The van der Waals surface area contributed by atoms with Crippen LogP contribution in [0.1, 0.15) is 12.5 Å². The summed E-state index contributed by atoms with van der Waals surface area (Å²) < 4.78 is 15.6. The van der Waals surface area contributed by atoms with Crippen molar-refractivity contribution in [3.63, 3.8) is 0 Å². The van der Waals surface area contributed by atoms with E-state index in [1.165, 1.54) is 5.56 Å². The van der Waals surface area contributed by atoms with E-state index in [0.29, 0.717) is 33.0 Å². The van der Waals surface area contributed by atoms with E-state index in [1.807, 2.05) is 31.2 Å². The van der Waals surface area contributed by atoms with Crippen molar-refractivity contribution in [1.29, 1.82) is 0 Å². The molecule has 1 aromatic carbocycles. The number of rotatable bonds is 12. The molecule has 5 heteroatoms. The molecular formula is C16H27NO4. The molecule has 1 aromatic rings. The second-order valence-electron chi connectivity index (χ2n) is 4.73. The molecule has 21 heavy (non-hydrogen) atoms. The SMILES string of the molecule is CCOCCOCC(O)CNCCc1ccc(OC)cc1. The van der Waals surface area contributed by atoms with Crippen LogP contribution in [0.5, 0.6) is 5.75 Å². The molecule has 0 heterocycles. The number of hydrogen-bond acceptors (Lipinski definition) is 5. The standard InChI is InChI=1S/C16H27NO4/c1-3-20-10-11-21-13-15(18)12-17-9-8-14-4-6-16(19-2)7-5-14/h4-7,15,17-18H,3,8-13H2,1-2H3. The number of methoxy groups -OCH3 is 1. The summed E-state index contributed by atoms with van der Waals surface area (Å²) in [6.07, 6.45) is 0.435. The Bertz CT molecular complexity index is 356. The Kier molecular flexibility index (Phi) is 9.82. The summed E-state index contributed by atoms with van der Waals surface area (Å²) in [6.45, 7) is 5.43. The summed E-state index contributed by atoms with van der Waals surface area (Å²) in [7, 11) is 1.66. The first kappa shape index (κ1) is 17.9. The zero-order chi connectivity index (χ0) is 15.3. The highest BCUT2D eigenvalue weighted by Crippen LogP contribution is 2.11. The Labute approximate surface area is 127 Å². The number of aliphatic hydroxyl groups is 1. The number of aliphatic hydroxyl groups excluding tert-OH is 1. The van der Waals surface area contributed by atoms with E-state index in [4.69, 9.17) is 14.2 Å². The molecule has 0 saturated heterocycles. The van der Waals surface area contributed by atoms with Crippen LogP contribution in [0.4, 0.5) is 0 Å². The fourth-order valence-corrected chi connectivity index (χ4v) is 1.83. The number of hydrogen-bond donors (Lipinski definition) is 2. The van der Waals surface area contributed by atoms with Crippen molar-refractivity contribution in [2.24, 2.45) is 0 Å². The predicted molar refractivity (Wildman–Crippen MR) is 82.9 cm³/mol. The lowest BCUT2D eigenvalue weighted by Crippen LogP contribution is -2.32. The third kappa shape index (κ3) is 8.67. The molecule has 120 valence electrons. The summed E-state index contributed by atoms with van der Waals surface area (Å²) in [5.41, 5.74) is 1.24. The van der Waals surface area contributed by atoms with Crippen molar-refractivity contribution in [3.8, 4) is 5.75 Å². The molecule has 0 aliphatic heterocycles. The number of ether oxygens (including phenoxy) is 3. The van der Waals surface area contributed by atoms with Gasteiger partial charge in [0.2, 0.25) is 0 Å². The van der Waals surface area contributed by atoms with Crippen LogP contribution in [0.3, 0.4) is 0 Å². The van der Waals surface area contributed by atoms with Crippen molar-refractivity contribution < 1.29 is 19.3 Å². The van der Waals surface area contributed by atoms with Gasteiger partial charge in [-0.25, -0.2) is 0 Å². The minimum atomic E-state index is -0.484. The van der Waals surface area contributed by atoms with Crippen molar-refractivity contribution in [3.05, 3.63) is 29.8 Å². The van der Waals surface area contributed by atoms with Gasteiger partial charge in [0.25, 0.3) is 0 Å². The van der Waals surface area contributed by atoms with Crippen molar-refractivity contribution in [1.82, 2.24) is 5.32 Å². The van der Waals surface area contributed by atoms with Gasteiger partial charge in [0.1, 0.15) is 5.75 Å². The molecule has 0 fully saturated rings. The van der Waals surface area contributed by atoms with Crippen molar-refractivity contribution >= 4 is 0 Å². The molecule has 0 saturated carbocycles. The molecule has 0 bridgehead atoms. The molecule has 1 atom stereocenters.